The van der Waals surface area contributed by atoms with Crippen LogP contribution < -0.4 is 0 Å². The van der Waals surface area contributed by atoms with Crippen molar-refractivity contribution in [2.24, 2.45) is 0 Å². The van der Waals surface area contributed by atoms with Crippen molar-refractivity contribution in [1.29, 1.82) is 0 Å². The first kappa shape index (κ1) is 10.6. The van der Waals surface area contributed by atoms with E-state index < -0.39 is 9.84 Å². The van der Waals surface area contributed by atoms with Crippen LogP contribution in [0.15, 0.2) is 28.0 Å². The number of rotatable bonds is 2. The molecule has 0 unspecified atom stereocenters. The Kier molecular flexibility index (Phi) is 2.52. The van der Waals surface area contributed by atoms with Gasteiger partial charge in [0.05, 0.1) is 9.80 Å². The third-order valence-electron chi connectivity index (χ3n) is 2.23. The Morgan fingerprint density at radius 3 is 2.80 bits per heavy atom. The second kappa shape index (κ2) is 3.57. The number of phenols is 1. The lowest BCUT2D eigenvalue weighted by atomic mass is 10.2. The summed E-state index contributed by atoms with van der Waals surface area (Å²) in [7, 11) is -3.30. The van der Waals surface area contributed by atoms with Crippen LogP contribution in [0.2, 0.25) is 0 Å². The van der Waals surface area contributed by atoms with Gasteiger partial charge in [0.15, 0.2) is 0 Å². The van der Waals surface area contributed by atoms with Crippen LogP contribution in [-0.4, -0.2) is 25.5 Å². The van der Waals surface area contributed by atoms with E-state index in [0.29, 0.717) is 21.1 Å². The van der Waals surface area contributed by atoms with Gasteiger partial charge < -0.3 is 5.11 Å². The number of hydrogen-bond acceptors (Lipinski definition) is 4. The standard InChI is InChI=1S/C10H10O3S2/c1-14-6-9-5-7-4-8(11)2-3-10(7)15(9,12)13/h2-5,11H,6H2,1H3. The monoisotopic (exact) mass is 242 g/mol. The molecule has 1 aromatic carbocycles. The second-order valence-corrected chi connectivity index (χ2v) is 6.11. The zero-order valence-corrected chi connectivity index (χ0v) is 9.73. The van der Waals surface area contributed by atoms with Gasteiger partial charge in [-0.3, -0.25) is 0 Å². The number of aromatic hydroxyl groups is 1. The zero-order chi connectivity index (χ0) is 11.1. The van der Waals surface area contributed by atoms with Gasteiger partial charge in [0.25, 0.3) is 0 Å². The minimum atomic E-state index is -3.30. The van der Waals surface area contributed by atoms with Gasteiger partial charge in [-0.1, -0.05) is 0 Å². The van der Waals surface area contributed by atoms with E-state index in [-0.39, 0.29) is 5.75 Å². The molecule has 2 rings (SSSR count). The number of thioether (sulfide) groups is 1. The molecule has 0 aliphatic carbocycles. The molecule has 0 radical (unpaired) electrons. The molecule has 15 heavy (non-hydrogen) atoms. The summed E-state index contributed by atoms with van der Waals surface area (Å²) in [5.41, 5.74) is 0.582. The van der Waals surface area contributed by atoms with Crippen LogP contribution in [0.25, 0.3) is 6.08 Å². The zero-order valence-electron chi connectivity index (χ0n) is 8.10. The summed E-state index contributed by atoms with van der Waals surface area (Å²) in [5, 5.41) is 9.25. The number of hydrogen-bond donors (Lipinski definition) is 1. The summed E-state index contributed by atoms with van der Waals surface area (Å²) in [6.45, 7) is 0. The fourth-order valence-electron chi connectivity index (χ4n) is 1.55. The highest BCUT2D eigenvalue weighted by Gasteiger charge is 2.28. The predicted octanol–water partition coefficient (Wildman–Crippen LogP) is 1.88. The van der Waals surface area contributed by atoms with Crippen molar-refractivity contribution >= 4 is 27.7 Å². The summed E-state index contributed by atoms with van der Waals surface area (Å²) >= 11 is 1.47. The third-order valence-corrected chi connectivity index (χ3v) is 4.92. The minimum absolute atomic E-state index is 0.0885. The Labute approximate surface area is 92.7 Å². The smallest absolute Gasteiger partial charge is 0.204 e. The van der Waals surface area contributed by atoms with Crippen molar-refractivity contribution in [3.8, 4) is 5.75 Å². The quantitative estimate of drug-likeness (QED) is 0.860. The maximum Gasteiger partial charge on any atom is 0.204 e. The molecule has 0 amide bonds. The van der Waals surface area contributed by atoms with E-state index >= 15 is 0 Å². The molecule has 0 fully saturated rings. The molecule has 0 saturated carbocycles. The van der Waals surface area contributed by atoms with E-state index in [0.717, 1.165) is 0 Å². The molecule has 3 nitrogen and oxygen atoms in total. The molecule has 0 bridgehead atoms. The van der Waals surface area contributed by atoms with Crippen molar-refractivity contribution in [2.75, 3.05) is 12.0 Å². The first-order chi connectivity index (χ1) is 7.05. The molecular weight excluding hydrogens is 232 g/mol. The van der Waals surface area contributed by atoms with Crippen LogP contribution in [-0.2, 0) is 9.84 Å². The molecule has 80 valence electrons. The van der Waals surface area contributed by atoms with E-state index in [2.05, 4.69) is 0 Å². The lowest BCUT2D eigenvalue weighted by Gasteiger charge is -2.01. The molecule has 1 heterocycles. The molecule has 1 aliphatic heterocycles. The maximum atomic E-state index is 11.9. The topological polar surface area (TPSA) is 54.4 Å². The van der Waals surface area contributed by atoms with Crippen molar-refractivity contribution in [2.45, 2.75) is 4.90 Å². The van der Waals surface area contributed by atoms with Crippen LogP contribution in [0.5, 0.6) is 5.75 Å². The van der Waals surface area contributed by atoms with Crippen molar-refractivity contribution in [1.82, 2.24) is 0 Å². The summed E-state index contributed by atoms with van der Waals surface area (Å²) in [6, 6.07) is 4.32. The highest BCUT2D eigenvalue weighted by molar-refractivity contribution is 8.01. The molecule has 0 saturated heterocycles. The van der Waals surface area contributed by atoms with Crippen LogP contribution in [0.4, 0.5) is 0 Å². The molecule has 0 aromatic heterocycles. The Morgan fingerprint density at radius 1 is 1.40 bits per heavy atom. The molecule has 1 N–H and O–H groups in total. The Hall–Kier alpha value is -0.940. The summed E-state index contributed by atoms with van der Waals surface area (Å²) in [4.78, 5) is 0.708. The van der Waals surface area contributed by atoms with Gasteiger partial charge in [0.2, 0.25) is 9.84 Å². The fourth-order valence-corrected chi connectivity index (χ4v) is 4.13. The number of phenolic OH excluding ortho intramolecular Hbond substituents is 1. The largest absolute Gasteiger partial charge is 0.508 e. The van der Waals surface area contributed by atoms with Crippen molar-refractivity contribution < 1.29 is 13.5 Å². The maximum absolute atomic E-state index is 11.9. The van der Waals surface area contributed by atoms with Crippen LogP contribution in [0, 0.1) is 0 Å². The van der Waals surface area contributed by atoms with E-state index in [1.165, 1.54) is 30.0 Å². The average Bonchev–Trinajstić information content (AvgIpc) is 2.39. The van der Waals surface area contributed by atoms with Gasteiger partial charge in [-0.05, 0) is 36.1 Å². The van der Waals surface area contributed by atoms with Crippen molar-refractivity contribution in [3.63, 3.8) is 0 Å². The number of sulfone groups is 1. The minimum Gasteiger partial charge on any atom is -0.508 e. The van der Waals surface area contributed by atoms with Gasteiger partial charge in [-0.2, -0.15) is 11.8 Å². The second-order valence-electron chi connectivity index (χ2n) is 3.27. The normalized spacial score (nSPS) is 17.3. The average molecular weight is 242 g/mol. The summed E-state index contributed by atoms with van der Waals surface area (Å²) < 4.78 is 23.8. The lowest BCUT2D eigenvalue weighted by molar-refractivity contribution is 0.474. The van der Waals surface area contributed by atoms with Gasteiger partial charge >= 0.3 is 0 Å². The SMILES string of the molecule is CSCC1=Cc2cc(O)ccc2S1(=O)=O. The number of benzene rings is 1. The van der Waals surface area contributed by atoms with E-state index in [4.69, 9.17) is 0 Å². The number of fused-ring (bicyclic) bond motifs is 1. The first-order valence-electron chi connectivity index (χ1n) is 4.33. The van der Waals surface area contributed by atoms with E-state index in [9.17, 15) is 13.5 Å². The predicted molar refractivity (Wildman–Crippen MR) is 61.7 cm³/mol. The third kappa shape index (κ3) is 1.66. The van der Waals surface area contributed by atoms with Crippen LogP contribution >= 0.6 is 11.8 Å². The Bertz CT molecular complexity index is 530. The van der Waals surface area contributed by atoms with Gasteiger partial charge in [-0.25, -0.2) is 8.42 Å². The molecule has 1 aromatic rings. The molecule has 0 atom stereocenters. The van der Waals surface area contributed by atoms with Gasteiger partial charge in [0.1, 0.15) is 5.75 Å². The molecule has 5 heteroatoms. The highest BCUT2D eigenvalue weighted by atomic mass is 32.2. The Balaban J connectivity index is 2.58. The molecular formula is C10H10O3S2. The van der Waals surface area contributed by atoms with Gasteiger partial charge in [0, 0.05) is 5.75 Å². The van der Waals surface area contributed by atoms with Crippen LogP contribution in [0.3, 0.4) is 0 Å². The van der Waals surface area contributed by atoms with E-state index in [1.54, 1.807) is 6.08 Å². The van der Waals surface area contributed by atoms with Gasteiger partial charge in [-0.15, -0.1) is 0 Å². The highest BCUT2D eigenvalue weighted by Crippen LogP contribution is 2.35. The Morgan fingerprint density at radius 2 is 2.13 bits per heavy atom. The van der Waals surface area contributed by atoms with Crippen molar-refractivity contribution in [3.05, 3.63) is 28.7 Å². The molecule has 1 aliphatic rings. The van der Waals surface area contributed by atoms with Crippen LogP contribution in [0.1, 0.15) is 5.56 Å². The van der Waals surface area contributed by atoms with E-state index in [1.807, 2.05) is 6.26 Å². The first-order valence-corrected chi connectivity index (χ1v) is 7.21. The molecule has 0 spiro atoms. The lowest BCUT2D eigenvalue weighted by Crippen LogP contribution is -2.02. The summed E-state index contributed by atoms with van der Waals surface area (Å²) in [5.74, 6) is 0.559. The summed E-state index contributed by atoms with van der Waals surface area (Å²) in [6.07, 6.45) is 3.48. The fraction of sp³-hybridized carbons (Fsp3) is 0.200.